The van der Waals surface area contributed by atoms with E-state index in [1.807, 2.05) is 36.4 Å². The Labute approximate surface area is 169 Å². The first-order chi connectivity index (χ1) is 14.3. The second kappa shape index (κ2) is 9.18. The van der Waals surface area contributed by atoms with E-state index in [0.717, 1.165) is 29.7 Å². The van der Waals surface area contributed by atoms with Crippen LogP contribution < -0.4 is 15.4 Å². The van der Waals surface area contributed by atoms with Gasteiger partial charge < -0.3 is 15.4 Å². The van der Waals surface area contributed by atoms with Crippen molar-refractivity contribution in [1.82, 2.24) is 30.4 Å². The molecule has 2 aromatic heterocycles. The highest BCUT2D eigenvalue weighted by molar-refractivity contribution is 5.74. The van der Waals surface area contributed by atoms with Crippen molar-refractivity contribution in [3.05, 3.63) is 66.4 Å². The predicted molar refractivity (Wildman–Crippen MR) is 108 cm³/mol. The summed E-state index contributed by atoms with van der Waals surface area (Å²) in [6, 6.07) is 11.3. The smallest absolute Gasteiger partial charge is 0.315 e. The van der Waals surface area contributed by atoms with Crippen LogP contribution >= 0.6 is 0 Å². The largest absolute Gasteiger partial charge is 0.490 e. The van der Waals surface area contributed by atoms with Gasteiger partial charge in [0.1, 0.15) is 18.4 Å². The van der Waals surface area contributed by atoms with E-state index < -0.39 is 0 Å². The maximum absolute atomic E-state index is 12.3. The summed E-state index contributed by atoms with van der Waals surface area (Å²) in [7, 11) is 0. The van der Waals surface area contributed by atoms with E-state index in [1.54, 1.807) is 17.2 Å². The second-order valence-electron chi connectivity index (χ2n) is 6.99. The van der Waals surface area contributed by atoms with Gasteiger partial charge in [0.2, 0.25) is 0 Å². The van der Waals surface area contributed by atoms with Crippen molar-refractivity contribution in [2.24, 2.45) is 0 Å². The lowest BCUT2D eigenvalue weighted by atomic mass is 10.2. The van der Waals surface area contributed by atoms with Gasteiger partial charge >= 0.3 is 6.03 Å². The van der Waals surface area contributed by atoms with Crippen molar-refractivity contribution in [2.75, 3.05) is 0 Å². The monoisotopic (exact) mass is 392 g/mol. The van der Waals surface area contributed by atoms with Crippen LogP contribution in [0, 0.1) is 0 Å². The van der Waals surface area contributed by atoms with Gasteiger partial charge in [0.25, 0.3) is 0 Å². The highest BCUT2D eigenvalue weighted by atomic mass is 16.5. The number of amides is 2. The number of rotatable bonds is 7. The highest BCUT2D eigenvalue weighted by Crippen LogP contribution is 2.26. The third-order valence-electron chi connectivity index (χ3n) is 4.95. The van der Waals surface area contributed by atoms with Crippen LogP contribution in [0.25, 0.3) is 5.82 Å². The van der Waals surface area contributed by atoms with Crippen molar-refractivity contribution in [1.29, 1.82) is 0 Å². The molecule has 0 atom stereocenters. The van der Waals surface area contributed by atoms with E-state index in [4.69, 9.17) is 4.74 Å². The molecule has 8 heteroatoms. The molecule has 1 fully saturated rings. The third kappa shape index (κ3) is 4.90. The molecule has 0 saturated heterocycles. The normalized spacial score (nSPS) is 13.9. The fraction of sp³-hybridized carbons (Fsp3) is 0.333. The summed E-state index contributed by atoms with van der Waals surface area (Å²) in [6.45, 7) is 0.729. The lowest BCUT2D eigenvalue weighted by Gasteiger charge is -2.17. The van der Waals surface area contributed by atoms with Crippen LogP contribution in [-0.4, -0.2) is 31.9 Å². The topological polar surface area (TPSA) is 94.0 Å². The van der Waals surface area contributed by atoms with Crippen molar-refractivity contribution in [2.45, 2.75) is 44.9 Å². The number of hydrogen-bond donors (Lipinski definition) is 2. The summed E-state index contributed by atoms with van der Waals surface area (Å²) in [4.78, 5) is 20.6. The van der Waals surface area contributed by atoms with Gasteiger partial charge in [-0.15, -0.1) is 0 Å². The number of nitrogens with zero attached hydrogens (tertiary/aromatic N) is 4. The van der Waals surface area contributed by atoms with Gasteiger partial charge in [-0.2, -0.15) is 5.10 Å². The van der Waals surface area contributed by atoms with E-state index >= 15 is 0 Å². The number of carbonyl (C=O) groups excluding carboxylic acids is 1. The maximum atomic E-state index is 12.3. The van der Waals surface area contributed by atoms with E-state index in [0.29, 0.717) is 18.9 Å². The zero-order valence-corrected chi connectivity index (χ0v) is 16.1. The molecule has 8 nitrogen and oxygen atoms in total. The fourth-order valence-electron chi connectivity index (χ4n) is 3.46. The standard InChI is InChI=1S/C21H24N6O2/c28-21(25-13-17-7-5-11-23-20(17)27-15-22-14-26-27)24-12-16-6-1-4-10-19(16)29-18-8-2-3-9-18/h1,4-7,10-11,14-15,18H,2-3,8-9,12-13H2,(H2,24,25,28). The Balaban J connectivity index is 1.32. The average molecular weight is 392 g/mol. The maximum Gasteiger partial charge on any atom is 0.315 e. The molecule has 1 aromatic carbocycles. The number of pyridine rings is 1. The number of urea groups is 1. The predicted octanol–water partition coefficient (Wildman–Crippen LogP) is 2.98. The molecule has 1 saturated carbocycles. The molecule has 2 N–H and O–H groups in total. The minimum Gasteiger partial charge on any atom is -0.490 e. The van der Waals surface area contributed by atoms with Gasteiger partial charge in [0.15, 0.2) is 5.82 Å². The number of hydrogen-bond acceptors (Lipinski definition) is 5. The molecule has 150 valence electrons. The Morgan fingerprint density at radius 2 is 1.83 bits per heavy atom. The van der Waals surface area contributed by atoms with Gasteiger partial charge in [-0.25, -0.2) is 19.4 Å². The SMILES string of the molecule is O=C(NCc1ccccc1OC1CCCC1)NCc1cccnc1-n1cncn1. The second-order valence-corrected chi connectivity index (χ2v) is 6.99. The van der Waals surface area contributed by atoms with Gasteiger partial charge in [-0.1, -0.05) is 24.3 Å². The molecule has 0 aliphatic heterocycles. The van der Waals surface area contributed by atoms with E-state index in [1.165, 1.54) is 19.2 Å². The molecule has 0 unspecified atom stereocenters. The Morgan fingerprint density at radius 1 is 1.07 bits per heavy atom. The Morgan fingerprint density at radius 3 is 2.62 bits per heavy atom. The molecular formula is C21H24N6O2. The third-order valence-corrected chi connectivity index (χ3v) is 4.95. The van der Waals surface area contributed by atoms with Gasteiger partial charge in [-0.05, 0) is 37.8 Å². The number of nitrogens with one attached hydrogen (secondary N) is 2. The first-order valence-corrected chi connectivity index (χ1v) is 9.85. The van der Waals surface area contributed by atoms with E-state index in [9.17, 15) is 4.79 Å². The van der Waals surface area contributed by atoms with Crippen LogP contribution in [0.4, 0.5) is 4.79 Å². The fourth-order valence-corrected chi connectivity index (χ4v) is 3.46. The van der Waals surface area contributed by atoms with Crippen molar-refractivity contribution in [3.63, 3.8) is 0 Å². The van der Waals surface area contributed by atoms with Gasteiger partial charge in [-0.3, -0.25) is 0 Å². The van der Waals surface area contributed by atoms with Crippen LogP contribution in [0.15, 0.2) is 55.2 Å². The molecule has 4 rings (SSSR count). The summed E-state index contributed by atoms with van der Waals surface area (Å²) < 4.78 is 7.70. The number of benzene rings is 1. The highest BCUT2D eigenvalue weighted by Gasteiger charge is 2.18. The molecular weight excluding hydrogens is 368 g/mol. The first kappa shape index (κ1) is 18.9. The summed E-state index contributed by atoms with van der Waals surface area (Å²) in [5.41, 5.74) is 1.82. The van der Waals surface area contributed by atoms with E-state index in [-0.39, 0.29) is 12.1 Å². The first-order valence-electron chi connectivity index (χ1n) is 9.85. The van der Waals surface area contributed by atoms with Crippen LogP contribution in [0.1, 0.15) is 36.8 Å². The lowest BCUT2D eigenvalue weighted by Crippen LogP contribution is -2.35. The average Bonchev–Trinajstić information content (AvgIpc) is 3.46. The summed E-state index contributed by atoms with van der Waals surface area (Å²) in [6.07, 6.45) is 9.63. The Kier molecular flexibility index (Phi) is 5.99. The van der Waals surface area contributed by atoms with Crippen LogP contribution in [0.3, 0.4) is 0 Å². The lowest BCUT2D eigenvalue weighted by molar-refractivity contribution is 0.207. The number of ether oxygens (including phenoxy) is 1. The molecule has 1 aliphatic rings. The van der Waals surface area contributed by atoms with Gasteiger partial charge in [0, 0.05) is 30.4 Å². The zero-order valence-electron chi connectivity index (χ0n) is 16.1. The number of aromatic nitrogens is 4. The zero-order chi connectivity index (χ0) is 19.9. The van der Waals surface area contributed by atoms with Crippen molar-refractivity contribution >= 4 is 6.03 Å². The molecule has 2 amide bonds. The quantitative estimate of drug-likeness (QED) is 0.645. The molecule has 3 aromatic rings. The molecule has 0 radical (unpaired) electrons. The van der Waals surface area contributed by atoms with Crippen LogP contribution in [0.2, 0.25) is 0 Å². The van der Waals surface area contributed by atoms with Crippen molar-refractivity contribution in [3.8, 4) is 11.6 Å². The minimum absolute atomic E-state index is 0.255. The molecule has 0 spiro atoms. The van der Waals surface area contributed by atoms with Gasteiger partial charge in [0.05, 0.1) is 6.10 Å². The van der Waals surface area contributed by atoms with Crippen LogP contribution in [-0.2, 0) is 13.1 Å². The number of para-hydroxylation sites is 1. The van der Waals surface area contributed by atoms with Crippen molar-refractivity contribution < 1.29 is 9.53 Å². The summed E-state index contributed by atoms with van der Waals surface area (Å²) in [5, 5.41) is 9.88. The Hall–Kier alpha value is -3.42. The van der Waals surface area contributed by atoms with Crippen LogP contribution in [0.5, 0.6) is 5.75 Å². The molecule has 29 heavy (non-hydrogen) atoms. The Bertz CT molecular complexity index is 938. The number of carbonyl (C=O) groups is 1. The van der Waals surface area contributed by atoms with E-state index in [2.05, 4.69) is 25.7 Å². The summed E-state index contributed by atoms with van der Waals surface area (Å²) >= 11 is 0. The summed E-state index contributed by atoms with van der Waals surface area (Å²) in [5.74, 6) is 1.49. The molecule has 1 aliphatic carbocycles. The minimum atomic E-state index is -0.255. The molecule has 2 heterocycles. The molecule has 0 bridgehead atoms.